The lowest BCUT2D eigenvalue weighted by atomic mass is 10.0. The first-order valence-corrected chi connectivity index (χ1v) is 9.45. The van der Waals surface area contributed by atoms with Crippen molar-refractivity contribution in [1.29, 1.82) is 5.26 Å². The Hall–Kier alpha value is -3.69. The van der Waals surface area contributed by atoms with E-state index in [0.29, 0.717) is 16.9 Å². The number of Topliss-reactive ketones (excluding diaryl/α,β-unsaturated/α-hetero) is 1. The first-order valence-electron chi connectivity index (χ1n) is 8.57. The van der Waals surface area contributed by atoms with E-state index in [1.54, 1.807) is 35.1 Å². The van der Waals surface area contributed by atoms with Crippen LogP contribution in [0.4, 0.5) is 0 Å². The summed E-state index contributed by atoms with van der Waals surface area (Å²) in [6.07, 6.45) is 4.87. The molecule has 6 heteroatoms. The van der Waals surface area contributed by atoms with E-state index in [1.807, 2.05) is 60.1 Å². The van der Waals surface area contributed by atoms with Crippen molar-refractivity contribution >= 4 is 23.2 Å². The molecule has 0 radical (unpaired) electrons. The number of rotatable bonds is 5. The lowest BCUT2D eigenvalue weighted by Gasteiger charge is -1.99. The van der Waals surface area contributed by atoms with E-state index in [0.717, 1.165) is 16.3 Å². The van der Waals surface area contributed by atoms with Gasteiger partial charge in [0, 0.05) is 11.8 Å². The van der Waals surface area contributed by atoms with Gasteiger partial charge in [-0.25, -0.2) is 4.68 Å². The summed E-state index contributed by atoms with van der Waals surface area (Å²) in [5, 5.41) is 16.3. The van der Waals surface area contributed by atoms with Crippen molar-refractivity contribution in [2.24, 2.45) is 0 Å². The Kier molecular flexibility index (Phi) is 4.75. The van der Waals surface area contributed by atoms with Crippen LogP contribution in [0.3, 0.4) is 0 Å². The quantitative estimate of drug-likeness (QED) is 0.266. The van der Waals surface area contributed by atoms with Crippen LogP contribution in [0.1, 0.15) is 21.7 Å². The number of hydrogen-bond donors (Lipinski definition) is 0. The first-order chi connectivity index (χ1) is 13.7. The van der Waals surface area contributed by atoms with Crippen LogP contribution in [0.2, 0.25) is 0 Å². The topological polar surface area (TPSA) is 71.8 Å². The van der Waals surface area contributed by atoms with Crippen LogP contribution >= 0.6 is 11.3 Å². The molecule has 3 aromatic heterocycles. The van der Waals surface area contributed by atoms with Gasteiger partial charge in [0.2, 0.25) is 5.78 Å². The van der Waals surface area contributed by atoms with Crippen molar-refractivity contribution in [2.45, 2.75) is 6.92 Å². The fraction of sp³-hybridized carbons (Fsp3) is 0.0455. The Morgan fingerprint density at radius 2 is 2.04 bits per heavy atom. The molecule has 0 saturated heterocycles. The zero-order valence-corrected chi connectivity index (χ0v) is 15.8. The third-order valence-corrected chi connectivity index (χ3v) is 5.16. The minimum Gasteiger partial charge on any atom is -0.469 e. The van der Waals surface area contributed by atoms with E-state index in [4.69, 9.17) is 9.52 Å². The largest absolute Gasteiger partial charge is 0.469 e. The number of nitrogens with zero attached hydrogens (tertiary/aromatic N) is 3. The molecular formula is C22H15N3O2S. The maximum Gasteiger partial charge on any atom is 0.207 e. The molecule has 3 heterocycles. The molecule has 5 nitrogen and oxygen atoms in total. The average molecular weight is 385 g/mol. The molecule has 0 aliphatic carbocycles. The lowest BCUT2D eigenvalue weighted by molar-refractivity contribution is 0.103. The van der Waals surface area contributed by atoms with Crippen molar-refractivity contribution < 1.29 is 9.21 Å². The van der Waals surface area contributed by atoms with Crippen LogP contribution in [0, 0.1) is 18.3 Å². The minimum absolute atomic E-state index is 0.0370. The van der Waals surface area contributed by atoms with Crippen LogP contribution in [0.5, 0.6) is 0 Å². The number of benzene rings is 1. The van der Waals surface area contributed by atoms with Gasteiger partial charge in [-0.15, -0.1) is 11.3 Å². The number of nitriles is 1. The van der Waals surface area contributed by atoms with Gasteiger partial charge in [-0.2, -0.15) is 10.4 Å². The molecule has 0 amide bonds. The van der Waals surface area contributed by atoms with E-state index in [9.17, 15) is 10.1 Å². The van der Waals surface area contributed by atoms with Crippen LogP contribution in [0.25, 0.3) is 22.3 Å². The van der Waals surface area contributed by atoms with Gasteiger partial charge in [0.1, 0.15) is 23.1 Å². The number of ketones is 1. The summed E-state index contributed by atoms with van der Waals surface area (Å²) in [6.45, 7) is 1.70. The van der Waals surface area contributed by atoms with E-state index in [1.165, 1.54) is 6.26 Å². The zero-order valence-electron chi connectivity index (χ0n) is 15.0. The van der Waals surface area contributed by atoms with Crippen LogP contribution in [-0.2, 0) is 0 Å². The summed E-state index contributed by atoms with van der Waals surface area (Å²) in [6, 6.07) is 17.2. The molecule has 0 bridgehead atoms. The Morgan fingerprint density at radius 1 is 1.21 bits per heavy atom. The number of aryl methyl sites for hydroxylation is 1. The second-order valence-electron chi connectivity index (χ2n) is 6.08. The molecule has 0 aliphatic heterocycles. The van der Waals surface area contributed by atoms with Gasteiger partial charge in [0.05, 0.1) is 22.4 Å². The second kappa shape index (κ2) is 7.51. The normalized spacial score (nSPS) is 11.4. The molecule has 1 aromatic carbocycles. The van der Waals surface area contributed by atoms with Crippen LogP contribution in [-0.4, -0.2) is 15.6 Å². The summed E-state index contributed by atoms with van der Waals surface area (Å²) < 4.78 is 6.96. The van der Waals surface area contributed by atoms with Crippen molar-refractivity contribution in [2.75, 3.05) is 0 Å². The third-order valence-electron chi connectivity index (χ3n) is 4.29. The number of furan rings is 1. The van der Waals surface area contributed by atoms with Crippen LogP contribution < -0.4 is 0 Å². The predicted molar refractivity (Wildman–Crippen MR) is 108 cm³/mol. The number of carbonyl (C=O) groups is 1. The molecule has 0 unspecified atom stereocenters. The lowest BCUT2D eigenvalue weighted by Crippen LogP contribution is -2.02. The Labute approximate surface area is 165 Å². The van der Waals surface area contributed by atoms with E-state index < -0.39 is 0 Å². The highest BCUT2D eigenvalue weighted by atomic mass is 32.1. The first kappa shape index (κ1) is 17.7. The minimum atomic E-state index is -0.363. The van der Waals surface area contributed by atoms with Crippen LogP contribution in [0.15, 0.2) is 76.4 Å². The fourth-order valence-electron chi connectivity index (χ4n) is 2.88. The number of hydrogen-bond acceptors (Lipinski definition) is 5. The molecular weight excluding hydrogens is 370 g/mol. The predicted octanol–water partition coefficient (Wildman–Crippen LogP) is 5.29. The zero-order chi connectivity index (χ0) is 19.5. The Bertz CT molecular complexity index is 1190. The summed E-state index contributed by atoms with van der Waals surface area (Å²) >= 11 is 1.55. The number of para-hydroxylation sites is 1. The molecule has 4 rings (SSSR count). The number of aromatic nitrogens is 2. The molecule has 0 atom stereocenters. The molecule has 4 aromatic rings. The van der Waals surface area contributed by atoms with Gasteiger partial charge in [0.15, 0.2) is 0 Å². The summed E-state index contributed by atoms with van der Waals surface area (Å²) in [4.78, 5) is 13.7. The Morgan fingerprint density at radius 3 is 2.68 bits per heavy atom. The van der Waals surface area contributed by atoms with E-state index in [-0.39, 0.29) is 11.4 Å². The second-order valence-corrected chi connectivity index (χ2v) is 7.03. The molecule has 28 heavy (non-hydrogen) atoms. The SMILES string of the molecule is Cc1occc1C(=O)/C(C#N)=C/c1cn(-c2ccccc2)nc1-c1cccs1. The molecule has 136 valence electrons. The summed E-state index contributed by atoms with van der Waals surface area (Å²) in [5.41, 5.74) is 2.76. The molecule has 0 spiro atoms. The molecule has 0 fully saturated rings. The smallest absolute Gasteiger partial charge is 0.207 e. The highest BCUT2D eigenvalue weighted by molar-refractivity contribution is 7.13. The van der Waals surface area contributed by atoms with Gasteiger partial charge in [0.25, 0.3) is 0 Å². The van der Waals surface area contributed by atoms with E-state index >= 15 is 0 Å². The van der Waals surface area contributed by atoms with Crippen molar-refractivity contribution in [3.63, 3.8) is 0 Å². The van der Waals surface area contributed by atoms with Gasteiger partial charge in [-0.1, -0.05) is 24.3 Å². The van der Waals surface area contributed by atoms with Gasteiger partial charge >= 0.3 is 0 Å². The molecule has 0 N–H and O–H groups in total. The highest BCUT2D eigenvalue weighted by Crippen LogP contribution is 2.29. The van der Waals surface area contributed by atoms with Crippen molar-refractivity contribution in [1.82, 2.24) is 9.78 Å². The highest BCUT2D eigenvalue weighted by Gasteiger charge is 2.19. The third kappa shape index (κ3) is 3.31. The van der Waals surface area contributed by atoms with Gasteiger partial charge in [-0.3, -0.25) is 4.79 Å². The van der Waals surface area contributed by atoms with Gasteiger partial charge < -0.3 is 4.42 Å². The van der Waals surface area contributed by atoms with Crippen molar-refractivity contribution in [3.05, 3.63) is 88.8 Å². The molecule has 0 aliphatic rings. The average Bonchev–Trinajstić information content (AvgIpc) is 3.46. The number of allylic oxidation sites excluding steroid dienone is 1. The molecule has 0 saturated carbocycles. The Balaban J connectivity index is 1.83. The summed E-state index contributed by atoms with van der Waals surface area (Å²) in [5.74, 6) is 0.128. The maximum absolute atomic E-state index is 12.8. The van der Waals surface area contributed by atoms with E-state index in [2.05, 4.69) is 0 Å². The fourth-order valence-corrected chi connectivity index (χ4v) is 3.61. The summed E-state index contributed by atoms with van der Waals surface area (Å²) in [7, 11) is 0. The number of thiophene rings is 1. The monoisotopic (exact) mass is 385 g/mol. The van der Waals surface area contributed by atoms with Crippen molar-refractivity contribution in [3.8, 4) is 22.3 Å². The maximum atomic E-state index is 12.8. The number of carbonyl (C=O) groups excluding carboxylic acids is 1. The standard InChI is InChI=1S/C22H15N3O2S/c1-15-19(9-10-27-15)22(26)16(13-23)12-17-14-25(18-6-3-2-4-7-18)24-21(17)20-8-5-11-28-20/h2-12,14H,1H3/b16-12+. The van der Waals surface area contributed by atoms with Gasteiger partial charge in [-0.05, 0) is 42.6 Å².